The Bertz CT molecular complexity index is 555. The van der Waals surface area contributed by atoms with Crippen molar-refractivity contribution >= 4 is 15.5 Å². The Kier molecular flexibility index (Phi) is 4.01. The highest BCUT2D eigenvalue weighted by molar-refractivity contribution is 7.91. The van der Waals surface area contributed by atoms with E-state index in [1.165, 1.54) is 0 Å². The van der Waals surface area contributed by atoms with Gasteiger partial charge in [0.25, 0.3) is 0 Å². The summed E-state index contributed by atoms with van der Waals surface area (Å²) in [6.45, 7) is 2.97. The lowest BCUT2D eigenvalue weighted by Gasteiger charge is -2.23. The standard InChI is InChI=1S/C13H20N2O3S/c1-10(14)12-4-3-11(9-13(12)16)15-5-2-7-19(17,18)8-6-15/h3-4,9-10,16H,2,5-8,14H2,1H3. The lowest BCUT2D eigenvalue weighted by molar-refractivity contribution is 0.463. The van der Waals surface area contributed by atoms with Gasteiger partial charge in [-0.3, -0.25) is 0 Å². The SMILES string of the molecule is CC(N)c1ccc(N2CCCS(=O)(=O)CC2)cc1O. The molecule has 1 fully saturated rings. The van der Waals surface area contributed by atoms with Crippen LogP contribution in [-0.2, 0) is 9.84 Å². The first-order chi connectivity index (χ1) is 8.89. The molecule has 0 bridgehead atoms. The Morgan fingerprint density at radius 3 is 2.68 bits per heavy atom. The largest absolute Gasteiger partial charge is 0.508 e. The maximum atomic E-state index is 11.6. The van der Waals surface area contributed by atoms with Gasteiger partial charge in [-0.2, -0.15) is 0 Å². The van der Waals surface area contributed by atoms with Gasteiger partial charge in [-0.15, -0.1) is 0 Å². The number of nitrogens with two attached hydrogens (primary N) is 1. The number of hydrogen-bond donors (Lipinski definition) is 2. The van der Waals surface area contributed by atoms with Gasteiger partial charge in [0, 0.05) is 36.4 Å². The summed E-state index contributed by atoms with van der Waals surface area (Å²) < 4.78 is 23.1. The summed E-state index contributed by atoms with van der Waals surface area (Å²) in [6, 6.07) is 5.13. The number of hydrogen-bond acceptors (Lipinski definition) is 5. The van der Waals surface area contributed by atoms with Crippen LogP contribution in [0.2, 0.25) is 0 Å². The van der Waals surface area contributed by atoms with Gasteiger partial charge in [0.1, 0.15) is 5.75 Å². The molecule has 0 aromatic heterocycles. The van der Waals surface area contributed by atoms with E-state index in [1.807, 2.05) is 17.9 Å². The van der Waals surface area contributed by atoms with E-state index in [9.17, 15) is 13.5 Å². The van der Waals surface area contributed by atoms with E-state index in [1.54, 1.807) is 12.1 Å². The quantitative estimate of drug-likeness (QED) is 0.847. The molecule has 6 heteroatoms. The highest BCUT2D eigenvalue weighted by Crippen LogP contribution is 2.28. The molecule has 1 aromatic carbocycles. The molecule has 106 valence electrons. The fraction of sp³-hybridized carbons (Fsp3) is 0.538. The molecule has 0 amide bonds. The number of aromatic hydroxyl groups is 1. The number of sulfone groups is 1. The molecule has 0 aliphatic carbocycles. The van der Waals surface area contributed by atoms with Gasteiger partial charge in [-0.25, -0.2) is 8.42 Å². The average Bonchev–Trinajstić information content (AvgIpc) is 2.49. The minimum absolute atomic E-state index is 0.166. The Balaban J connectivity index is 2.20. The van der Waals surface area contributed by atoms with Crippen molar-refractivity contribution in [1.82, 2.24) is 0 Å². The molecule has 0 saturated carbocycles. The van der Waals surface area contributed by atoms with Crippen LogP contribution in [-0.4, -0.2) is 38.1 Å². The number of phenols is 1. The second-order valence-electron chi connectivity index (χ2n) is 5.02. The van der Waals surface area contributed by atoms with Crippen LogP contribution in [0.4, 0.5) is 5.69 Å². The van der Waals surface area contributed by atoms with Crippen molar-refractivity contribution in [2.75, 3.05) is 29.5 Å². The third-order valence-electron chi connectivity index (χ3n) is 3.43. The molecule has 1 saturated heterocycles. The maximum Gasteiger partial charge on any atom is 0.152 e. The lowest BCUT2D eigenvalue weighted by atomic mass is 10.1. The van der Waals surface area contributed by atoms with Crippen molar-refractivity contribution in [2.24, 2.45) is 5.73 Å². The third kappa shape index (κ3) is 3.39. The van der Waals surface area contributed by atoms with Gasteiger partial charge in [-0.1, -0.05) is 6.07 Å². The molecule has 1 atom stereocenters. The van der Waals surface area contributed by atoms with Gasteiger partial charge in [0.2, 0.25) is 0 Å². The molecule has 0 spiro atoms. The zero-order chi connectivity index (χ0) is 14.0. The highest BCUT2D eigenvalue weighted by Gasteiger charge is 2.20. The van der Waals surface area contributed by atoms with Gasteiger partial charge in [0.15, 0.2) is 9.84 Å². The monoisotopic (exact) mass is 284 g/mol. The fourth-order valence-electron chi connectivity index (χ4n) is 2.31. The summed E-state index contributed by atoms with van der Waals surface area (Å²) >= 11 is 0. The summed E-state index contributed by atoms with van der Waals surface area (Å²) in [6.07, 6.45) is 0.623. The molecule has 3 N–H and O–H groups in total. The van der Waals surface area contributed by atoms with E-state index in [0.29, 0.717) is 25.1 Å². The van der Waals surface area contributed by atoms with E-state index in [0.717, 1.165) is 5.69 Å². The summed E-state index contributed by atoms with van der Waals surface area (Å²) in [5.74, 6) is 0.579. The minimum Gasteiger partial charge on any atom is -0.508 e. The van der Waals surface area contributed by atoms with E-state index in [4.69, 9.17) is 5.73 Å². The molecule has 19 heavy (non-hydrogen) atoms. The Hall–Kier alpha value is -1.27. The van der Waals surface area contributed by atoms with Crippen molar-refractivity contribution in [3.63, 3.8) is 0 Å². The Morgan fingerprint density at radius 2 is 2.05 bits per heavy atom. The molecule has 1 unspecified atom stereocenters. The van der Waals surface area contributed by atoms with Crippen molar-refractivity contribution in [1.29, 1.82) is 0 Å². The molecule has 5 nitrogen and oxygen atoms in total. The second kappa shape index (κ2) is 5.38. The first kappa shape index (κ1) is 14.1. The predicted molar refractivity (Wildman–Crippen MR) is 76.2 cm³/mol. The van der Waals surface area contributed by atoms with Crippen molar-refractivity contribution < 1.29 is 13.5 Å². The van der Waals surface area contributed by atoms with Crippen LogP contribution >= 0.6 is 0 Å². The molecule has 1 aliphatic rings. The number of phenolic OH excluding ortho intramolecular Hbond substituents is 1. The zero-order valence-corrected chi connectivity index (χ0v) is 11.9. The Labute approximate surface area is 113 Å². The topological polar surface area (TPSA) is 83.6 Å². The van der Waals surface area contributed by atoms with E-state index < -0.39 is 9.84 Å². The molecule has 1 aliphatic heterocycles. The molecule has 0 radical (unpaired) electrons. The number of nitrogens with zero attached hydrogens (tertiary/aromatic N) is 1. The van der Waals surface area contributed by atoms with Gasteiger partial charge in [-0.05, 0) is 19.4 Å². The fourth-order valence-corrected chi connectivity index (χ4v) is 3.58. The summed E-state index contributed by atoms with van der Waals surface area (Å²) in [5, 5.41) is 9.94. The van der Waals surface area contributed by atoms with Gasteiger partial charge < -0.3 is 15.7 Å². The molecular weight excluding hydrogens is 264 g/mol. The summed E-state index contributed by atoms with van der Waals surface area (Å²) in [5.41, 5.74) is 7.30. The molecule has 1 aromatic rings. The number of benzene rings is 1. The van der Waals surface area contributed by atoms with Crippen LogP contribution in [0.1, 0.15) is 24.9 Å². The van der Waals surface area contributed by atoms with Crippen LogP contribution in [0.5, 0.6) is 5.75 Å². The van der Waals surface area contributed by atoms with E-state index in [2.05, 4.69) is 0 Å². The third-order valence-corrected chi connectivity index (χ3v) is 5.14. The van der Waals surface area contributed by atoms with Gasteiger partial charge >= 0.3 is 0 Å². The molecular formula is C13H20N2O3S. The van der Waals surface area contributed by atoms with E-state index in [-0.39, 0.29) is 23.3 Å². The maximum absolute atomic E-state index is 11.6. The minimum atomic E-state index is -2.92. The van der Waals surface area contributed by atoms with Crippen LogP contribution in [0.15, 0.2) is 18.2 Å². The highest BCUT2D eigenvalue weighted by atomic mass is 32.2. The normalized spacial score (nSPS) is 20.8. The number of rotatable bonds is 2. The average molecular weight is 284 g/mol. The van der Waals surface area contributed by atoms with E-state index >= 15 is 0 Å². The van der Waals surface area contributed by atoms with Crippen molar-refractivity contribution in [3.8, 4) is 5.75 Å². The van der Waals surface area contributed by atoms with Crippen LogP contribution in [0.3, 0.4) is 0 Å². The van der Waals surface area contributed by atoms with Crippen molar-refractivity contribution in [2.45, 2.75) is 19.4 Å². The summed E-state index contributed by atoms with van der Waals surface area (Å²) in [7, 11) is -2.92. The first-order valence-electron chi connectivity index (χ1n) is 6.43. The first-order valence-corrected chi connectivity index (χ1v) is 8.25. The molecule has 2 rings (SSSR count). The van der Waals surface area contributed by atoms with Crippen LogP contribution in [0, 0.1) is 0 Å². The lowest BCUT2D eigenvalue weighted by Crippen LogP contribution is -2.26. The number of anilines is 1. The van der Waals surface area contributed by atoms with Crippen LogP contribution in [0.25, 0.3) is 0 Å². The second-order valence-corrected chi connectivity index (χ2v) is 7.33. The molecule has 1 heterocycles. The zero-order valence-electron chi connectivity index (χ0n) is 11.0. The smallest absolute Gasteiger partial charge is 0.152 e. The summed E-state index contributed by atoms with van der Waals surface area (Å²) in [4.78, 5) is 2.00. The van der Waals surface area contributed by atoms with Crippen LogP contribution < -0.4 is 10.6 Å². The Morgan fingerprint density at radius 1 is 1.32 bits per heavy atom. The van der Waals surface area contributed by atoms with Crippen molar-refractivity contribution in [3.05, 3.63) is 23.8 Å². The van der Waals surface area contributed by atoms with Gasteiger partial charge in [0.05, 0.1) is 11.5 Å². The predicted octanol–water partition coefficient (Wildman–Crippen LogP) is 1.04.